The average Bonchev–Trinajstić information content (AvgIpc) is 2.98. The van der Waals surface area contributed by atoms with E-state index in [1.54, 1.807) is 29.4 Å². The van der Waals surface area contributed by atoms with Crippen LogP contribution in [0, 0.1) is 0 Å². The van der Waals surface area contributed by atoms with Crippen molar-refractivity contribution in [3.8, 4) is 0 Å². The molecule has 0 radical (unpaired) electrons. The van der Waals surface area contributed by atoms with Crippen LogP contribution in [0.25, 0.3) is 6.08 Å². The number of hydrogen-bond donors (Lipinski definition) is 1. The van der Waals surface area contributed by atoms with Crippen LogP contribution in [0.5, 0.6) is 0 Å². The monoisotopic (exact) mass is 351 g/mol. The minimum atomic E-state index is -2.59. The van der Waals surface area contributed by atoms with Gasteiger partial charge in [-0.05, 0) is 24.1 Å². The van der Waals surface area contributed by atoms with Crippen LogP contribution in [-0.4, -0.2) is 70.0 Å². The Kier molecular flexibility index (Phi) is 5.15. The van der Waals surface area contributed by atoms with Gasteiger partial charge in [0.2, 0.25) is 5.91 Å². The first-order valence-corrected chi connectivity index (χ1v) is 8.55. The SMILES string of the molecule is O=C(C=Cc1cccnc1)N1CCC(O)(CN2CCC(F)(F)CC2)C1. The van der Waals surface area contributed by atoms with Gasteiger partial charge < -0.3 is 10.0 Å². The molecule has 1 aromatic rings. The maximum absolute atomic E-state index is 13.2. The van der Waals surface area contributed by atoms with Crippen molar-refractivity contribution in [3.63, 3.8) is 0 Å². The number of amides is 1. The number of hydrogen-bond acceptors (Lipinski definition) is 4. The lowest BCUT2D eigenvalue weighted by molar-refractivity contribution is -0.126. The maximum atomic E-state index is 13.2. The minimum Gasteiger partial charge on any atom is -0.387 e. The van der Waals surface area contributed by atoms with Crippen LogP contribution in [0.3, 0.4) is 0 Å². The van der Waals surface area contributed by atoms with Crippen LogP contribution in [0.1, 0.15) is 24.8 Å². The van der Waals surface area contributed by atoms with Gasteiger partial charge in [0, 0.05) is 57.5 Å². The second kappa shape index (κ2) is 7.17. The van der Waals surface area contributed by atoms with Gasteiger partial charge in [0.1, 0.15) is 0 Å². The molecule has 7 heteroatoms. The zero-order valence-electron chi connectivity index (χ0n) is 14.1. The third-order valence-corrected chi connectivity index (χ3v) is 4.85. The number of alkyl halides is 2. The van der Waals surface area contributed by atoms with Crippen LogP contribution in [0.15, 0.2) is 30.6 Å². The van der Waals surface area contributed by atoms with E-state index < -0.39 is 11.5 Å². The van der Waals surface area contributed by atoms with E-state index in [0.29, 0.717) is 19.5 Å². The minimum absolute atomic E-state index is 0.162. The number of halogens is 2. The highest BCUT2D eigenvalue weighted by Gasteiger charge is 2.41. The number of likely N-dealkylation sites (tertiary alicyclic amines) is 2. The molecule has 25 heavy (non-hydrogen) atoms. The van der Waals surface area contributed by atoms with Crippen LogP contribution < -0.4 is 0 Å². The molecule has 2 saturated heterocycles. The molecule has 1 aromatic heterocycles. The number of piperidine rings is 1. The molecule has 5 nitrogen and oxygen atoms in total. The third-order valence-electron chi connectivity index (χ3n) is 4.85. The molecule has 3 rings (SSSR count). The Bertz CT molecular complexity index is 628. The standard InChI is InChI=1S/C18H23F2N3O2/c19-18(20)6-9-22(10-7-18)13-17(25)5-11-23(14-17)16(24)4-3-15-2-1-8-21-12-15/h1-4,8,12,25H,5-7,9-11,13-14H2. The first-order valence-electron chi connectivity index (χ1n) is 8.55. The summed E-state index contributed by atoms with van der Waals surface area (Å²) in [7, 11) is 0. The fourth-order valence-corrected chi connectivity index (χ4v) is 3.38. The van der Waals surface area contributed by atoms with Crippen LogP contribution in [0.4, 0.5) is 8.78 Å². The van der Waals surface area contributed by atoms with Crippen LogP contribution in [-0.2, 0) is 4.79 Å². The number of rotatable bonds is 4. The number of pyridine rings is 1. The predicted molar refractivity (Wildman–Crippen MR) is 90.0 cm³/mol. The molecule has 0 bridgehead atoms. The normalized spacial score (nSPS) is 27.1. The van der Waals surface area contributed by atoms with Gasteiger partial charge in [0.05, 0.1) is 12.1 Å². The van der Waals surface area contributed by atoms with E-state index in [0.717, 1.165) is 5.56 Å². The van der Waals surface area contributed by atoms with Gasteiger partial charge in [-0.15, -0.1) is 0 Å². The Labute approximate surface area is 146 Å². The van der Waals surface area contributed by atoms with Crippen molar-refractivity contribution in [3.05, 3.63) is 36.2 Å². The Morgan fingerprint density at radius 2 is 2.04 bits per heavy atom. The smallest absolute Gasteiger partial charge is 0.250 e. The molecule has 3 heterocycles. The van der Waals surface area contributed by atoms with Crippen molar-refractivity contribution in [1.29, 1.82) is 0 Å². The van der Waals surface area contributed by atoms with Gasteiger partial charge in [0.25, 0.3) is 5.92 Å². The molecule has 1 amide bonds. The van der Waals surface area contributed by atoms with E-state index in [9.17, 15) is 18.7 Å². The first-order chi connectivity index (χ1) is 11.9. The molecular formula is C18H23F2N3O2. The fraction of sp³-hybridized carbons (Fsp3) is 0.556. The fourth-order valence-electron chi connectivity index (χ4n) is 3.38. The Balaban J connectivity index is 1.52. The van der Waals surface area contributed by atoms with Crippen molar-refractivity contribution in [2.45, 2.75) is 30.8 Å². The van der Waals surface area contributed by atoms with E-state index in [1.807, 2.05) is 11.0 Å². The van der Waals surface area contributed by atoms with Crippen molar-refractivity contribution in [1.82, 2.24) is 14.8 Å². The number of nitrogens with zero attached hydrogens (tertiary/aromatic N) is 3. The number of carbonyl (C=O) groups excluding carboxylic acids is 1. The van der Waals surface area contributed by atoms with Gasteiger partial charge in [-0.3, -0.25) is 14.7 Å². The first kappa shape index (κ1) is 17.9. The molecule has 136 valence electrons. The molecule has 2 aliphatic rings. The van der Waals surface area contributed by atoms with E-state index in [2.05, 4.69) is 4.98 Å². The zero-order chi connectivity index (χ0) is 17.9. The van der Waals surface area contributed by atoms with E-state index in [4.69, 9.17) is 0 Å². The molecule has 0 saturated carbocycles. The molecule has 2 fully saturated rings. The Hall–Kier alpha value is -1.86. The van der Waals surface area contributed by atoms with Crippen molar-refractivity contribution < 1.29 is 18.7 Å². The van der Waals surface area contributed by atoms with Crippen LogP contribution in [0.2, 0.25) is 0 Å². The van der Waals surface area contributed by atoms with Crippen molar-refractivity contribution in [2.24, 2.45) is 0 Å². The molecular weight excluding hydrogens is 328 g/mol. The number of β-amino-alcohol motifs (C(OH)–C–C–N with tert-alkyl or cyclic N) is 1. The second-order valence-corrected chi connectivity index (χ2v) is 6.99. The van der Waals surface area contributed by atoms with Crippen molar-refractivity contribution in [2.75, 3.05) is 32.7 Å². The lowest BCUT2D eigenvalue weighted by Gasteiger charge is -2.36. The highest BCUT2D eigenvalue weighted by molar-refractivity contribution is 5.92. The highest BCUT2D eigenvalue weighted by Crippen LogP contribution is 2.30. The summed E-state index contributed by atoms with van der Waals surface area (Å²) < 4.78 is 26.5. The molecule has 0 spiro atoms. The highest BCUT2D eigenvalue weighted by atomic mass is 19.3. The number of aromatic nitrogens is 1. The van der Waals surface area contributed by atoms with Gasteiger partial charge in [-0.25, -0.2) is 8.78 Å². The molecule has 1 unspecified atom stereocenters. The number of aliphatic hydroxyl groups is 1. The van der Waals surface area contributed by atoms with Crippen molar-refractivity contribution >= 4 is 12.0 Å². The van der Waals surface area contributed by atoms with E-state index in [-0.39, 0.29) is 38.4 Å². The molecule has 1 N–H and O–H groups in total. The quantitative estimate of drug-likeness (QED) is 0.841. The van der Waals surface area contributed by atoms with Gasteiger partial charge in [0.15, 0.2) is 0 Å². The Morgan fingerprint density at radius 1 is 1.28 bits per heavy atom. The maximum Gasteiger partial charge on any atom is 0.250 e. The van der Waals surface area contributed by atoms with Gasteiger partial charge >= 0.3 is 0 Å². The van der Waals surface area contributed by atoms with E-state index >= 15 is 0 Å². The summed E-state index contributed by atoms with van der Waals surface area (Å²) in [5.41, 5.74) is -0.190. The summed E-state index contributed by atoms with van der Waals surface area (Å²) in [5.74, 6) is -2.75. The summed E-state index contributed by atoms with van der Waals surface area (Å²) in [5, 5.41) is 10.7. The second-order valence-electron chi connectivity index (χ2n) is 6.99. The summed E-state index contributed by atoms with van der Waals surface area (Å²) in [4.78, 5) is 19.7. The molecule has 2 aliphatic heterocycles. The van der Waals surface area contributed by atoms with Gasteiger partial charge in [-0.1, -0.05) is 6.07 Å². The molecule has 0 aromatic carbocycles. The lowest BCUT2D eigenvalue weighted by atomic mass is 10.00. The molecule has 0 aliphatic carbocycles. The molecule has 1 atom stereocenters. The third kappa shape index (κ3) is 4.83. The largest absolute Gasteiger partial charge is 0.387 e. The summed E-state index contributed by atoms with van der Waals surface area (Å²) in [6.07, 6.45) is 6.63. The number of carbonyl (C=O) groups is 1. The van der Waals surface area contributed by atoms with Crippen LogP contribution >= 0.6 is 0 Å². The zero-order valence-corrected chi connectivity index (χ0v) is 14.1. The summed E-state index contributed by atoms with van der Waals surface area (Å²) in [6, 6.07) is 3.64. The lowest BCUT2D eigenvalue weighted by Crippen LogP contribution is -2.49. The summed E-state index contributed by atoms with van der Waals surface area (Å²) >= 11 is 0. The average molecular weight is 351 g/mol. The topological polar surface area (TPSA) is 56.7 Å². The van der Waals surface area contributed by atoms with Gasteiger partial charge in [-0.2, -0.15) is 0 Å². The Morgan fingerprint density at radius 3 is 2.72 bits per heavy atom. The van der Waals surface area contributed by atoms with E-state index in [1.165, 1.54) is 6.08 Å². The summed E-state index contributed by atoms with van der Waals surface area (Å²) in [6.45, 7) is 1.60. The predicted octanol–water partition coefficient (Wildman–Crippen LogP) is 1.79.